The van der Waals surface area contributed by atoms with Gasteiger partial charge in [-0.25, -0.2) is 0 Å². The van der Waals surface area contributed by atoms with E-state index in [1.807, 2.05) is 0 Å². The number of aryl methyl sites for hydroxylation is 2. The van der Waals surface area contributed by atoms with Gasteiger partial charge in [-0.2, -0.15) is 0 Å². The van der Waals surface area contributed by atoms with Gasteiger partial charge in [0.2, 0.25) is 0 Å². The third-order valence-electron chi connectivity index (χ3n) is 13.7. The molecule has 0 N–H and O–H groups in total. The molecule has 0 fully saturated rings. The number of fused-ring (bicyclic) bond motifs is 11. The van der Waals surface area contributed by atoms with Gasteiger partial charge in [-0.05, 0) is 143 Å². The van der Waals surface area contributed by atoms with Crippen LogP contribution in [0.5, 0.6) is 23.0 Å². The van der Waals surface area contributed by atoms with Gasteiger partial charge in [-0.3, -0.25) is 0 Å². The summed E-state index contributed by atoms with van der Waals surface area (Å²) in [6, 6.07) is 68.7. The highest BCUT2D eigenvalue weighted by molar-refractivity contribution is 7.00. The molecule has 10 aromatic rings. The fourth-order valence-electron chi connectivity index (χ4n) is 11.2. The van der Waals surface area contributed by atoms with Crippen molar-refractivity contribution >= 4 is 102 Å². The number of rotatable bonds is 3. The molecule has 4 aliphatic rings. The highest BCUT2D eigenvalue weighted by Gasteiger charge is 2.45. The molecule has 4 aliphatic heterocycles. The quantitative estimate of drug-likeness (QED) is 0.166. The lowest BCUT2D eigenvalue weighted by atomic mass is 9.34. The highest BCUT2D eigenvalue weighted by atomic mass is 16.5. The summed E-state index contributed by atoms with van der Waals surface area (Å²) in [7, 11) is 0. The standard InChI is InChI=1S/C56H37B2N3O2/c1-34-26-49-55-53(28-34)62-51-24-14-12-22-41(51)57(55)43-30-39-40-31-44-48(33-46(40)59(36-16-6-3-7-17-36)45(39)32-47(43)60(49)37-18-8-4-9-19-37)61(38-20-10-5-11-21-38)50-27-35(2)29-54-56(50)58(44)42-23-13-15-25-52(42)63-54/h3-33H,1-2H3. The zero-order valence-corrected chi connectivity index (χ0v) is 34.7. The average molecular weight is 806 g/mol. The first-order valence-corrected chi connectivity index (χ1v) is 21.8. The monoisotopic (exact) mass is 805 g/mol. The molecule has 1 aromatic heterocycles. The summed E-state index contributed by atoms with van der Waals surface area (Å²) in [5.41, 5.74) is 19.9. The molecular formula is C56H37B2N3O2. The number of benzene rings is 9. The third kappa shape index (κ3) is 4.85. The van der Waals surface area contributed by atoms with E-state index in [0.29, 0.717) is 0 Å². The van der Waals surface area contributed by atoms with E-state index in [4.69, 9.17) is 9.47 Å². The zero-order valence-electron chi connectivity index (χ0n) is 34.7. The van der Waals surface area contributed by atoms with Crippen LogP contribution in [0.1, 0.15) is 11.1 Å². The van der Waals surface area contributed by atoms with Crippen LogP contribution in [0.25, 0.3) is 27.5 Å². The second kappa shape index (κ2) is 12.8. The van der Waals surface area contributed by atoms with Crippen LogP contribution in [0, 0.1) is 13.8 Å². The predicted molar refractivity (Wildman–Crippen MR) is 262 cm³/mol. The Hall–Kier alpha value is -7.89. The normalized spacial score (nSPS) is 13.7. The van der Waals surface area contributed by atoms with E-state index in [0.717, 1.165) is 73.6 Å². The number of anilines is 6. The SMILES string of the molecule is Cc1cc2c3c(c1)N(c1ccccc1)c1cc4c(cc1B3c1ccccc1O2)c1cc2c(cc1n4-c1ccccc1)N(c1ccccc1)c1cc(C)cc3c1B2c1ccccc1O3. The molecule has 63 heavy (non-hydrogen) atoms. The summed E-state index contributed by atoms with van der Waals surface area (Å²) >= 11 is 0. The van der Waals surface area contributed by atoms with Crippen LogP contribution >= 0.6 is 0 Å². The van der Waals surface area contributed by atoms with Crippen molar-refractivity contribution in [3.05, 3.63) is 199 Å². The Morgan fingerprint density at radius 2 is 0.746 bits per heavy atom. The minimum Gasteiger partial charge on any atom is -0.458 e. The molecule has 0 saturated carbocycles. The van der Waals surface area contributed by atoms with E-state index in [9.17, 15) is 0 Å². The molecule has 14 rings (SSSR count). The predicted octanol–water partition coefficient (Wildman–Crippen LogP) is 10.2. The second-order valence-electron chi connectivity index (χ2n) is 17.4. The average Bonchev–Trinajstić information content (AvgIpc) is 3.62. The molecule has 0 aliphatic carbocycles. The Morgan fingerprint density at radius 3 is 1.19 bits per heavy atom. The Morgan fingerprint density at radius 1 is 0.349 bits per heavy atom. The van der Waals surface area contributed by atoms with Gasteiger partial charge in [0, 0.05) is 50.6 Å². The van der Waals surface area contributed by atoms with E-state index >= 15 is 0 Å². The molecule has 0 amide bonds. The number of hydrogen-bond donors (Lipinski definition) is 0. The lowest BCUT2D eigenvalue weighted by molar-refractivity contribution is 0.487. The molecule has 9 aromatic carbocycles. The molecule has 7 heteroatoms. The molecule has 0 bridgehead atoms. The Labute approximate surface area is 366 Å². The zero-order chi connectivity index (χ0) is 41.5. The number of para-hydroxylation sites is 5. The lowest BCUT2D eigenvalue weighted by Crippen LogP contribution is -2.59. The molecular weight excluding hydrogens is 768 g/mol. The fourth-order valence-corrected chi connectivity index (χ4v) is 11.2. The maximum Gasteiger partial charge on any atom is 0.256 e. The Kier molecular flexibility index (Phi) is 7.08. The Balaban J connectivity index is 1.13. The van der Waals surface area contributed by atoms with Gasteiger partial charge in [0.15, 0.2) is 0 Å². The molecule has 0 radical (unpaired) electrons. The van der Waals surface area contributed by atoms with Crippen molar-refractivity contribution in [1.82, 2.24) is 4.57 Å². The van der Waals surface area contributed by atoms with Crippen molar-refractivity contribution in [2.45, 2.75) is 13.8 Å². The van der Waals surface area contributed by atoms with Gasteiger partial charge in [0.05, 0.1) is 11.0 Å². The molecule has 0 saturated heterocycles. The molecule has 0 spiro atoms. The van der Waals surface area contributed by atoms with Crippen molar-refractivity contribution in [1.29, 1.82) is 0 Å². The summed E-state index contributed by atoms with van der Waals surface area (Å²) in [5.74, 6) is 3.67. The minimum atomic E-state index is -0.0266. The van der Waals surface area contributed by atoms with Gasteiger partial charge >= 0.3 is 0 Å². The topological polar surface area (TPSA) is 29.9 Å². The van der Waals surface area contributed by atoms with Crippen LogP contribution in [-0.2, 0) is 0 Å². The maximum absolute atomic E-state index is 6.79. The third-order valence-corrected chi connectivity index (χ3v) is 13.7. The van der Waals surface area contributed by atoms with Crippen molar-refractivity contribution in [2.24, 2.45) is 0 Å². The molecule has 0 unspecified atom stereocenters. The Bertz CT molecular complexity index is 3360. The largest absolute Gasteiger partial charge is 0.458 e. The van der Waals surface area contributed by atoms with Gasteiger partial charge in [-0.15, -0.1) is 0 Å². The first-order valence-electron chi connectivity index (χ1n) is 21.8. The molecule has 5 nitrogen and oxygen atoms in total. The van der Waals surface area contributed by atoms with E-state index in [1.54, 1.807) is 0 Å². The van der Waals surface area contributed by atoms with Crippen molar-refractivity contribution in [3.63, 3.8) is 0 Å². The maximum atomic E-state index is 6.79. The number of hydrogen-bond acceptors (Lipinski definition) is 4. The molecule has 5 heterocycles. The second-order valence-corrected chi connectivity index (χ2v) is 17.4. The number of aromatic nitrogens is 1. The summed E-state index contributed by atoms with van der Waals surface area (Å²) < 4.78 is 16.1. The van der Waals surface area contributed by atoms with Crippen LogP contribution in [0.15, 0.2) is 188 Å². The van der Waals surface area contributed by atoms with Crippen LogP contribution in [0.2, 0.25) is 0 Å². The van der Waals surface area contributed by atoms with Gasteiger partial charge < -0.3 is 23.8 Å². The van der Waals surface area contributed by atoms with Crippen molar-refractivity contribution in [3.8, 4) is 28.7 Å². The van der Waals surface area contributed by atoms with E-state index < -0.39 is 0 Å². The lowest BCUT2D eigenvalue weighted by Gasteiger charge is -2.40. The number of ether oxygens (including phenoxy) is 2. The van der Waals surface area contributed by atoms with Gasteiger partial charge in [0.1, 0.15) is 23.0 Å². The van der Waals surface area contributed by atoms with Crippen molar-refractivity contribution in [2.75, 3.05) is 9.80 Å². The first-order chi connectivity index (χ1) is 31.1. The summed E-state index contributed by atoms with van der Waals surface area (Å²) in [4.78, 5) is 4.92. The first kappa shape index (κ1) is 34.8. The van der Waals surface area contributed by atoms with Crippen LogP contribution in [0.3, 0.4) is 0 Å². The fraction of sp³-hybridized carbons (Fsp3) is 0.0357. The van der Waals surface area contributed by atoms with E-state index in [2.05, 4.69) is 216 Å². The highest BCUT2D eigenvalue weighted by Crippen LogP contribution is 2.47. The smallest absolute Gasteiger partial charge is 0.256 e. The minimum absolute atomic E-state index is 0.0266. The summed E-state index contributed by atoms with van der Waals surface area (Å²) in [6.07, 6.45) is 0. The molecule has 0 atom stereocenters. The molecule has 294 valence electrons. The van der Waals surface area contributed by atoms with Crippen LogP contribution in [-0.4, -0.2) is 18.0 Å². The van der Waals surface area contributed by atoms with Crippen LogP contribution in [0.4, 0.5) is 34.1 Å². The van der Waals surface area contributed by atoms with Crippen LogP contribution < -0.4 is 52.1 Å². The van der Waals surface area contributed by atoms with Gasteiger partial charge in [-0.1, -0.05) is 103 Å². The van der Waals surface area contributed by atoms with E-state index in [-0.39, 0.29) is 13.4 Å². The summed E-state index contributed by atoms with van der Waals surface area (Å²) in [6.45, 7) is 4.29. The van der Waals surface area contributed by atoms with Gasteiger partial charge in [0.25, 0.3) is 13.4 Å². The van der Waals surface area contributed by atoms with Crippen molar-refractivity contribution < 1.29 is 9.47 Å². The number of nitrogens with zero attached hydrogens (tertiary/aromatic N) is 3. The van der Waals surface area contributed by atoms with E-state index in [1.165, 1.54) is 54.9 Å². The summed E-state index contributed by atoms with van der Waals surface area (Å²) in [5, 5.41) is 2.43.